The minimum absolute atomic E-state index is 0.0277. The Balaban J connectivity index is 2.31. The topological polar surface area (TPSA) is 35.5 Å². The van der Waals surface area contributed by atoms with Gasteiger partial charge in [0.15, 0.2) is 5.78 Å². The lowest BCUT2D eigenvalue weighted by atomic mass is 9.74. The molecule has 1 heterocycles. The van der Waals surface area contributed by atoms with Crippen molar-refractivity contribution >= 4 is 5.78 Å². The fourth-order valence-electron chi connectivity index (χ4n) is 2.39. The normalized spacial score (nSPS) is 33.0. The van der Waals surface area contributed by atoms with E-state index in [1.807, 2.05) is 20.8 Å². The van der Waals surface area contributed by atoms with E-state index in [1.54, 1.807) is 0 Å². The smallest absolute Gasteiger partial charge is 0.202 e. The van der Waals surface area contributed by atoms with Crippen molar-refractivity contribution < 1.29 is 14.3 Å². The van der Waals surface area contributed by atoms with Gasteiger partial charge in [0.05, 0.1) is 0 Å². The first-order chi connectivity index (χ1) is 7.33. The van der Waals surface area contributed by atoms with E-state index >= 15 is 0 Å². The lowest BCUT2D eigenvalue weighted by Gasteiger charge is -2.30. The number of rotatable bonds is 1. The van der Waals surface area contributed by atoms with Crippen LogP contribution in [0.2, 0.25) is 0 Å². The molecule has 0 bridgehead atoms. The first-order valence-electron chi connectivity index (χ1n) is 5.90. The molecule has 2 aliphatic rings. The van der Waals surface area contributed by atoms with Gasteiger partial charge in [-0.2, -0.15) is 0 Å². The second kappa shape index (κ2) is 3.59. The molecule has 2 atom stereocenters. The zero-order chi connectivity index (χ0) is 12.1. The molecule has 0 saturated carbocycles. The average Bonchev–Trinajstić information content (AvgIpc) is 2.57. The molecular weight excluding hydrogens is 204 g/mol. The highest BCUT2D eigenvalue weighted by atomic mass is 16.7. The molecule has 0 spiro atoms. The Morgan fingerprint density at radius 2 is 2.00 bits per heavy atom. The van der Waals surface area contributed by atoms with Gasteiger partial charge >= 0.3 is 0 Å². The summed E-state index contributed by atoms with van der Waals surface area (Å²) in [5.41, 5.74) is 0.414. The molecular formula is C13H20O3. The first-order valence-corrected chi connectivity index (χ1v) is 5.90. The summed E-state index contributed by atoms with van der Waals surface area (Å²) in [4.78, 5) is 12.1. The van der Waals surface area contributed by atoms with Gasteiger partial charge in [-0.1, -0.05) is 27.7 Å². The van der Waals surface area contributed by atoms with Crippen LogP contribution in [0.25, 0.3) is 0 Å². The first kappa shape index (κ1) is 11.6. The van der Waals surface area contributed by atoms with E-state index in [1.165, 1.54) is 0 Å². The van der Waals surface area contributed by atoms with E-state index in [-0.39, 0.29) is 23.6 Å². The van der Waals surface area contributed by atoms with E-state index in [0.29, 0.717) is 5.92 Å². The van der Waals surface area contributed by atoms with E-state index in [9.17, 15) is 4.79 Å². The van der Waals surface area contributed by atoms with Crippen LogP contribution in [0.5, 0.6) is 0 Å². The highest BCUT2D eigenvalue weighted by molar-refractivity contribution is 6.00. The van der Waals surface area contributed by atoms with E-state index < -0.39 is 0 Å². The van der Waals surface area contributed by atoms with E-state index in [4.69, 9.17) is 9.47 Å². The predicted molar refractivity (Wildman–Crippen MR) is 60.7 cm³/mol. The third-order valence-electron chi connectivity index (χ3n) is 3.40. The van der Waals surface area contributed by atoms with Gasteiger partial charge in [0.25, 0.3) is 0 Å². The van der Waals surface area contributed by atoms with Crippen molar-refractivity contribution in [1.29, 1.82) is 0 Å². The number of fused-ring (bicyclic) bond motifs is 1. The molecule has 3 nitrogen and oxygen atoms in total. The highest BCUT2D eigenvalue weighted by Crippen LogP contribution is 2.42. The lowest BCUT2D eigenvalue weighted by molar-refractivity contribution is -0.126. The summed E-state index contributed by atoms with van der Waals surface area (Å²) in [6, 6.07) is 0. The quantitative estimate of drug-likeness (QED) is 0.687. The molecule has 1 aliphatic heterocycles. The third-order valence-corrected chi connectivity index (χ3v) is 3.40. The minimum atomic E-state index is -0.326. The van der Waals surface area contributed by atoms with Crippen LogP contribution in [0.3, 0.4) is 0 Å². The summed E-state index contributed by atoms with van der Waals surface area (Å²) >= 11 is 0. The van der Waals surface area contributed by atoms with Crippen molar-refractivity contribution in [2.75, 3.05) is 0 Å². The van der Waals surface area contributed by atoms with Crippen LogP contribution in [0.1, 0.15) is 41.0 Å². The number of carbonyl (C=O) groups is 1. The molecule has 0 unspecified atom stereocenters. The molecule has 0 aromatic rings. The standard InChI is InChI=1S/C13H20O3/c1-7(2)12-15-9-6-13(4,5)11(14)8(3)10(9)16-12/h7,9,12H,6H2,1-5H3/t9-,12-/m0/s1. The fourth-order valence-corrected chi connectivity index (χ4v) is 2.39. The van der Waals surface area contributed by atoms with Gasteiger partial charge < -0.3 is 9.47 Å². The lowest BCUT2D eigenvalue weighted by Crippen LogP contribution is -2.36. The monoisotopic (exact) mass is 224 g/mol. The number of ether oxygens (including phenoxy) is 2. The number of hydrogen-bond donors (Lipinski definition) is 0. The number of ketones is 1. The van der Waals surface area contributed by atoms with E-state index in [0.717, 1.165) is 17.8 Å². The molecule has 16 heavy (non-hydrogen) atoms. The van der Waals surface area contributed by atoms with Crippen LogP contribution in [0.4, 0.5) is 0 Å². The van der Waals surface area contributed by atoms with Crippen molar-refractivity contribution in [2.45, 2.75) is 53.4 Å². The largest absolute Gasteiger partial charge is 0.466 e. The fraction of sp³-hybridized carbons (Fsp3) is 0.769. The van der Waals surface area contributed by atoms with Gasteiger partial charge in [-0.3, -0.25) is 4.79 Å². The molecule has 0 N–H and O–H groups in total. The van der Waals surface area contributed by atoms with Crippen molar-refractivity contribution in [3.05, 3.63) is 11.3 Å². The zero-order valence-electron chi connectivity index (χ0n) is 10.7. The maximum Gasteiger partial charge on any atom is 0.202 e. The molecule has 1 aliphatic carbocycles. The summed E-state index contributed by atoms with van der Waals surface area (Å²) in [5.74, 6) is 1.26. The molecule has 0 aromatic carbocycles. The maximum absolute atomic E-state index is 12.1. The van der Waals surface area contributed by atoms with Crippen LogP contribution in [0, 0.1) is 11.3 Å². The second-order valence-electron chi connectivity index (χ2n) is 5.76. The van der Waals surface area contributed by atoms with Crippen LogP contribution in [-0.2, 0) is 14.3 Å². The average molecular weight is 224 g/mol. The zero-order valence-corrected chi connectivity index (χ0v) is 10.7. The van der Waals surface area contributed by atoms with Gasteiger partial charge in [-0.25, -0.2) is 0 Å². The van der Waals surface area contributed by atoms with Gasteiger partial charge in [0.2, 0.25) is 6.29 Å². The molecule has 1 fully saturated rings. The number of hydrogen-bond acceptors (Lipinski definition) is 3. The Labute approximate surface area is 96.8 Å². The van der Waals surface area contributed by atoms with Crippen molar-refractivity contribution in [3.63, 3.8) is 0 Å². The maximum atomic E-state index is 12.1. The molecule has 90 valence electrons. The third kappa shape index (κ3) is 1.67. The van der Waals surface area contributed by atoms with E-state index in [2.05, 4.69) is 13.8 Å². The highest BCUT2D eigenvalue weighted by Gasteiger charge is 2.46. The predicted octanol–water partition coefficient (Wildman–Crippen LogP) is 2.66. The Bertz CT molecular complexity index is 352. The molecule has 0 amide bonds. The Morgan fingerprint density at radius 1 is 1.38 bits per heavy atom. The Morgan fingerprint density at radius 3 is 2.56 bits per heavy atom. The molecule has 0 radical (unpaired) electrons. The van der Waals surface area contributed by atoms with Crippen molar-refractivity contribution in [2.24, 2.45) is 11.3 Å². The van der Waals surface area contributed by atoms with Crippen LogP contribution < -0.4 is 0 Å². The summed E-state index contributed by atoms with van der Waals surface area (Å²) in [6.45, 7) is 9.91. The SMILES string of the molecule is CC1=C2O[C@@H](C(C)C)O[C@H]2CC(C)(C)C1=O. The van der Waals surface area contributed by atoms with Crippen LogP contribution in [-0.4, -0.2) is 18.2 Å². The Kier molecular flexibility index (Phi) is 2.61. The van der Waals surface area contributed by atoms with Gasteiger partial charge in [0, 0.05) is 16.9 Å². The molecule has 2 rings (SSSR count). The summed E-state index contributed by atoms with van der Waals surface area (Å²) in [5, 5.41) is 0. The molecule has 1 saturated heterocycles. The van der Waals surface area contributed by atoms with Gasteiger partial charge in [-0.05, 0) is 13.3 Å². The molecule has 0 aromatic heterocycles. The number of carbonyl (C=O) groups excluding carboxylic acids is 1. The number of Topliss-reactive ketones (excluding diaryl/α,β-unsaturated/α-hetero) is 1. The minimum Gasteiger partial charge on any atom is -0.466 e. The van der Waals surface area contributed by atoms with Gasteiger partial charge in [-0.15, -0.1) is 0 Å². The van der Waals surface area contributed by atoms with Gasteiger partial charge in [0.1, 0.15) is 11.9 Å². The number of allylic oxidation sites excluding steroid dienone is 1. The van der Waals surface area contributed by atoms with Crippen LogP contribution >= 0.6 is 0 Å². The summed E-state index contributed by atoms with van der Waals surface area (Å²) < 4.78 is 11.6. The second-order valence-corrected chi connectivity index (χ2v) is 5.76. The van der Waals surface area contributed by atoms with Crippen molar-refractivity contribution in [1.82, 2.24) is 0 Å². The summed E-state index contributed by atoms with van der Waals surface area (Å²) in [6.07, 6.45) is 0.499. The Hall–Kier alpha value is -0.830. The molecule has 3 heteroatoms. The summed E-state index contributed by atoms with van der Waals surface area (Å²) in [7, 11) is 0. The van der Waals surface area contributed by atoms with Crippen LogP contribution in [0.15, 0.2) is 11.3 Å². The van der Waals surface area contributed by atoms with Crippen molar-refractivity contribution in [3.8, 4) is 0 Å².